The number of hydrogen-bond acceptors (Lipinski definition) is 3. The van der Waals surface area contributed by atoms with Gasteiger partial charge >= 0.3 is 0 Å². The van der Waals surface area contributed by atoms with Crippen molar-refractivity contribution in [1.29, 1.82) is 0 Å². The topological polar surface area (TPSA) is 29.3 Å². The van der Waals surface area contributed by atoms with E-state index in [0.29, 0.717) is 0 Å². The molecule has 18 heavy (non-hydrogen) atoms. The molecule has 1 aromatic rings. The van der Waals surface area contributed by atoms with Crippen LogP contribution in [0.2, 0.25) is 0 Å². The third-order valence-electron chi connectivity index (χ3n) is 3.43. The van der Waals surface area contributed by atoms with E-state index in [1.807, 2.05) is 6.92 Å². The van der Waals surface area contributed by atoms with Gasteiger partial charge in [-0.2, -0.15) is 11.8 Å². The summed E-state index contributed by atoms with van der Waals surface area (Å²) in [7, 11) is 0. The number of nitrogens with two attached hydrogens (primary N) is 1. The lowest BCUT2D eigenvalue weighted by atomic mass is 10.1. The van der Waals surface area contributed by atoms with Crippen molar-refractivity contribution in [2.24, 2.45) is 5.73 Å². The van der Waals surface area contributed by atoms with E-state index >= 15 is 0 Å². The standard InChI is InChI=1S/C14H21BrN2S/c1-3-12-9-17(6-7-18-12)14-5-4-11(10(2)16)8-13(14)15/h4-5,8,10,12H,3,6-7,9,16H2,1-2H3/t10-,12?/m1/s1. The molecule has 0 aromatic heterocycles. The fourth-order valence-corrected chi connectivity index (χ4v) is 4.08. The normalized spacial score (nSPS) is 22.0. The summed E-state index contributed by atoms with van der Waals surface area (Å²) in [4.78, 5) is 2.49. The van der Waals surface area contributed by atoms with E-state index < -0.39 is 0 Å². The molecule has 2 nitrogen and oxygen atoms in total. The van der Waals surface area contributed by atoms with Crippen LogP contribution in [0.1, 0.15) is 31.9 Å². The van der Waals surface area contributed by atoms with Crippen LogP contribution in [0.25, 0.3) is 0 Å². The minimum Gasteiger partial charge on any atom is -0.369 e. The lowest BCUT2D eigenvalue weighted by Gasteiger charge is -2.34. The fourth-order valence-electron chi connectivity index (χ4n) is 2.25. The van der Waals surface area contributed by atoms with Crippen molar-refractivity contribution >= 4 is 33.4 Å². The van der Waals surface area contributed by atoms with Crippen LogP contribution >= 0.6 is 27.7 Å². The van der Waals surface area contributed by atoms with E-state index in [1.165, 1.54) is 27.9 Å². The highest BCUT2D eigenvalue weighted by molar-refractivity contribution is 9.10. The lowest BCUT2D eigenvalue weighted by Crippen LogP contribution is -2.37. The van der Waals surface area contributed by atoms with E-state index in [9.17, 15) is 0 Å². The second-order valence-electron chi connectivity index (χ2n) is 4.85. The Bertz CT molecular complexity index is 409. The Morgan fingerprint density at radius 1 is 1.56 bits per heavy atom. The van der Waals surface area contributed by atoms with Gasteiger partial charge in [-0.3, -0.25) is 0 Å². The smallest absolute Gasteiger partial charge is 0.0511 e. The molecule has 1 aliphatic rings. The lowest BCUT2D eigenvalue weighted by molar-refractivity contribution is 0.726. The second-order valence-corrected chi connectivity index (χ2v) is 7.11. The van der Waals surface area contributed by atoms with Gasteiger partial charge in [0.1, 0.15) is 0 Å². The van der Waals surface area contributed by atoms with Crippen LogP contribution in [0.15, 0.2) is 22.7 Å². The van der Waals surface area contributed by atoms with Crippen LogP contribution in [0, 0.1) is 0 Å². The maximum atomic E-state index is 5.92. The number of anilines is 1. The SMILES string of the molecule is CCC1CN(c2ccc([C@@H](C)N)cc2Br)CCS1. The maximum Gasteiger partial charge on any atom is 0.0511 e. The van der Waals surface area contributed by atoms with Crippen LogP contribution in [-0.2, 0) is 0 Å². The highest BCUT2D eigenvalue weighted by Gasteiger charge is 2.20. The molecular weight excluding hydrogens is 308 g/mol. The third kappa shape index (κ3) is 3.22. The van der Waals surface area contributed by atoms with E-state index in [1.54, 1.807) is 0 Å². The first kappa shape index (κ1) is 14.2. The Labute approximate surface area is 122 Å². The zero-order chi connectivity index (χ0) is 13.1. The average Bonchev–Trinajstić information content (AvgIpc) is 2.38. The van der Waals surface area contributed by atoms with Crippen molar-refractivity contribution in [1.82, 2.24) is 0 Å². The Kier molecular flexibility index (Phi) is 4.98. The highest BCUT2D eigenvalue weighted by Crippen LogP contribution is 2.32. The molecule has 1 aromatic carbocycles. The monoisotopic (exact) mass is 328 g/mol. The summed E-state index contributed by atoms with van der Waals surface area (Å²) in [5.41, 5.74) is 8.41. The van der Waals surface area contributed by atoms with Crippen LogP contribution in [-0.4, -0.2) is 24.1 Å². The molecular formula is C14H21BrN2S. The number of hydrogen-bond donors (Lipinski definition) is 1. The van der Waals surface area contributed by atoms with Gasteiger partial charge in [0.25, 0.3) is 0 Å². The predicted octanol–water partition coefficient (Wildman–Crippen LogP) is 3.80. The fraction of sp³-hybridized carbons (Fsp3) is 0.571. The molecule has 100 valence electrons. The molecule has 1 fully saturated rings. The van der Waals surface area contributed by atoms with Crippen molar-refractivity contribution in [2.75, 3.05) is 23.7 Å². The molecule has 0 saturated carbocycles. The van der Waals surface area contributed by atoms with Gasteiger partial charge in [0.15, 0.2) is 0 Å². The summed E-state index contributed by atoms with van der Waals surface area (Å²) in [5.74, 6) is 1.22. The molecule has 0 spiro atoms. The van der Waals surface area contributed by atoms with Crippen LogP contribution in [0.4, 0.5) is 5.69 Å². The maximum absolute atomic E-state index is 5.92. The van der Waals surface area contributed by atoms with Crippen LogP contribution in [0.3, 0.4) is 0 Å². The summed E-state index contributed by atoms with van der Waals surface area (Å²) in [6.45, 7) is 6.58. The first-order valence-electron chi connectivity index (χ1n) is 6.53. The van der Waals surface area contributed by atoms with E-state index in [2.05, 4.69) is 57.7 Å². The minimum absolute atomic E-state index is 0.0932. The average molecular weight is 329 g/mol. The molecule has 1 heterocycles. The summed E-state index contributed by atoms with van der Waals surface area (Å²) < 4.78 is 1.17. The second kappa shape index (κ2) is 6.31. The molecule has 1 saturated heterocycles. The van der Waals surface area contributed by atoms with Gasteiger partial charge in [-0.15, -0.1) is 0 Å². The van der Waals surface area contributed by atoms with Crippen molar-refractivity contribution in [3.63, 3.8) is 0 Å². The number of rotatable bonds is 3. The molecule has 2 atom stereocenters. The van der Waals surface area contributed by atoms with Crippen molar-refractivity contribution in [3.8, 4) is 0 Å². The molecule has 0 aliphatic carbocycles. The molecule has 4 heteroatoms. The van der Waals surface area contributed by atoms with Gasteiger partial charge in [-0.1, -0.05) is 13.0 Å². The molecule has 1 aliphatic heterocycles. The largest absolute Gasteiger partial charge is 0.369 e. The Morgan fingerprint density at radius 2 is 2.33 bits per heavy atom. The van der Waals surface area contributed by atoms with Gasteiger partial charge in [0.05, 0.1) is 5.69 Å². The first-order valence-corrected chi connectivity index (χ1v) is 8.37. The zero-order valence-electron chi connectivity index (χ0n) is 11.0. The molecule has 0 bridgehead atoms. The number of halogens is 1. The van der Waals surface area contributed by atoms with Crippen molar-refractivity contribution < 1.29 is 0 Å². The van der Waals surface area contributed by atoms with Gasteiger partial charge in [0.2, 0.25) is 0 Å². The summed E-state index contributed by atoms with van der Waals surface area (Å²) >= 11 is 5.79. The number of nitrogens with zero attached hydrogens (tertiary/aromatic N) is 1. The van der Waals surface area contributed by atoms with E-state index in [0.717, 1.165) is 18.3 Å². The number of thioether (sulfide) groups is 1. The van der Waals surface area contributed by atoms with Crippen LogP contribution < -0.4 is 10.6 Å². The summed E-state index contributed by atoms with van der Waals surface area (Å²) in [5, 5.41) is 0.763. The summed E-state index contributed by atoms with van der Waals surface area (Å²) in [6, 6.07) is 6.59. The quantitative estimate of drug-likeness (QED) is 0.915. The van der Waals surface area contributed by atoms with Crippen molar-refractivity contribution in [2.45, 2.75) is 31.6 Å². The number of benzene rings is 1. The molecule has 2 rings (SSSR count). The van der Waals surface area contributed by atoms with Crippen LogP contribution in [0.5, 0.6) is 0 Å². The highest BCUT2D eigenvalue weighted by atomic mass is 79.9. The van der Waals surface area contributed by atoms with Gasteiger partial charge < -0.3 is 10.6 Å². The van der Waals surface area contributed by atoms with Crippen molar-refractivity contribution in [3.05, 3.63) is 28.2 Å². The minimum atomic E-state index is 0.0932. The third-order valence-corrected chi connectivity index (χ3v) is 5.44. The molecule has 0 radical (unpaired) electrons. The van der Waals surface area contributed by atoms with Gasteiger partial charge in [-0.05, 0) is 47.0 Å². The Balaban J connectivity index is 2.17. The van der Waals surface area contributed by atoms with Gasteiger partial charge in [-0.25, -0.2) is 0 Å². The molecule has 1 unspecified atom stereocenters. The predicted molar refractivity (Wildman–Crippen MR) is 85.5 cm³/mol. The summed E-state index contributed by atoms with van der Waals surface area (Å²) in [6.07, 6.45) is 1.25. The van der Waals surface area contributed by atoms with E-state index in [4.69, 9.17) is 5.73 Å². The Morgan fingerprint density at radius 3 is 2.94 bits per heavy atom. The zero-order valence-corrected chi connectivity index (χ0v) is 13.4. The molecule has 2 N–H and O–H groups in total. The molecule has 0 amide bonds. The van der Waals surface area contributed by atoms with Gasteiger partial charge in [0, 0.05) is 34.6 Å². The Hall–Kier alpha value is -0.190. The van der Waals surface area contributed by atoms with E-state index in [-0.39, 0.29) is 6.04 Å². The first-order chi connectivity index (χ1) is 8.61.